The number of nitrogens with one attached hydrogen (secondary N) is 2. The number of rotatable bonds is 9. The Kier molecular flexibility index (Phi) is 14.5. The molecule has 2 aromatic carbocycles. The Morgan fingerprint density at radius 1 is 0.500 bits per heavy atom. The number of hydrogen-bond acceptors (Lipinski definition) is 12. The van der Waals surface area contributed by atoms with Gasteiger partial charge in [0.15, 0.2) is 16.8 Å². The van der Waals surface area contributed by atoms with Crippen molar-refractivity contribution < 1.29 is 5.11 Å². The largest absolute Gasteiger partial charge is 0.396 e. The van der Waals surface area contributed by atoms with Gasteiger partial charge in [-0.1, -0.05) is 107 Å². The quantitative estimate of drug-likeness (QED) is 0.0932. The zero-order chi connectivity index (χ0) is 39.4. The Bertz CT molecular complexity index is 2560. The average molecular weight is 868 g/mol. The van der Waals surface area contributed by atoms with E-state index in [0.29, 0.717) is 91.6 Å². The molecule has 0 aliphatic heterocycles. The van der Waals surface area contributed by atoms with Crippen LogP contribution in [-0.4, -0.2) is 56.6 Å². The molecule has 56 heavy (non-hydrogen) atoms. The van der Waals surface area contributed by atoms with E-state index >= 15 is 0 Å². The van der Waals surface area contributed by atoms with E-state index in [1.54, 1.807) is 30.6 Å². The van der Waals surface area contributed by atoms with Gasteiger partial charge in [0.1, 0.15) is 22.4 Å². The summed E-state index contributed by atoms with van der Waals surface area (Å²) in [5, 5.41) is 17.6. The number of pyridine rings is 3. The molecule has 0 amide bonds. The summed E-state index contributed by atoms with van der Waals surface area (Å²) in [6, 6.07) is 25.2. The van der Waals surface area contributed by atoms with Crippen molar-refractivity contribution in [3.63, 3.8) is 0 Å². The summed E-state index contributed by atoms with van der Waals surface area (Å²) in [6.07, 6.45) is 5.87. The van der Waals surface area contributed by atoms with Crippen LogP contribution in [-0.2, 0) is 19.5 Å². The van der Waals surface area contributed by atoms with Crippen LogP contribution in [0.25, 0.3) is 33.1 Å². The molecule has 0 atom stereocenters. The fraction of sp³-hybridized carbons (Fsp3) is 0.132. The van der Waals surface area contributed by atoms with Gasteiger partial charge < -0.3 is 15.7 Å². The number of aromatic nitrogens is 9. The normalized spacial score (nSPS) is 10.8. The predicted molar refractivity (Wildman–Crippen MR) is 225 cm³/mol. The summed E-state index contributed by atoms with van der Waals surface area (Å²) in [5.74, 6) is 1.95. The molecule has 8 rings (SSSR count). The SMILES string of the molecule is Clc1cnc2c(Cl)nc(Cl)nc2c1.Clc1cnc2c(NCc3ccccc3)nc(Cl)nc2c1.OCCCc1nc(NCc2ccccc2)c2ncc(Cl)cc2n1. The van der Waals surface area contributed by atoms with Crippen LogP contribution in [0.3, 0.4) is 0 Å². The third kappa shape index (κ3) is 11.4. The van der Waals surface area contributed by atoms with Crippen LogP contribution < -0.4 is 10.6 Å². The van der Waals surface area contributed by atoms with Crippen molar-refractivity contribution in [2.45, 2.75) is 25.9 Å². The minimum absolute atomic E-state index is 0.0848. The predicted octanol–water partition coefficient (Wildman–Crippen LogP) is 10.1. The molecule has 0 aliphatic carbocycles. The molecule has 0 spiro atoms. The molecule has 8 aromatic rings. The minimum atomic E-state index is 0.0848. The van der Waals surface area contributed by atoms with Crippen molar-refractivity contribution in [1.82, 2.24) is 44.9 Å². The number of aliphatic hydroxyl groups excluding tert-OH is 1. The van der Waals surface area contributed by atoms with Crippen LogP contribution >= 0.6 is 69.6 Å². The zero-order valence-electron chi connectivity index (χ0n) is 29.0. The van der Waals surface area contributed by atoms with E-state index in [-0.39, 0.29) is 22.3 Å². The highest BCUT2D eigenvalue weighted by atomic mass is 35.5. The van der Waals surface area contributed by atoms with Gasteiger partial charge in [-0.15, -0.1) is 0 Å². The maximum atomic E-state index is 9.00. The van der Waals surface area contributed by atoms with Crippen molar-refractivity contribution >= 4 is 114 Å². The maximum absolute atomic E-state index is 9.00. The second-order valence-corrected chi connectivity index (χ2v) is 14.0. The Morgan fingerprint density at radius 2 is 0.946 bits per heavy atom. The molecule has 284 valence electrons. The number of anilines is 2. The monoisotopic (exact) mass is 865 g/mol. The number of nitrogens with zero attached hydrogens (tertiary/aromatic N) is 9. The highest BCUT2D eigenvalue weighted by molar-refractivity contribution is 6.36. The lowest BCUT2D eigenvalue weighted by molar-refractivity contribution is 0.287. The van der Waals surface area contributed by atoms with Crippen LogP contribution in [0.15, 0.2) is 97.5 Å². The van der Waals surface area contributed by atoms with Gasteiger partial charge in [0.25, 0.3) is 0 Å². The Morgan fingerprint density at radius 3 is 1.46 bits per heavy atom. The Hall–Kier alpha value is -4.79. The summed E-state index contributed by atoms with van der Waals surface area (Å²) in [6.45, 7) is 1.40. The number of aliphatic hydroxyl groups is 1. The highest BCUT2D eigenvalue weighted by Gasteiger charge is 2.11. The number of halogens is 6. The first kappa shape index (κ1) is 40.9. The van der Waals surface area contributed by atoms with Gasteiger partial charge in [0.05, 0.1) is 31.6 Å². The van der Waals surface area contributed by atoms with Crippen molar-refractivity contribution in [3.05, 3.63) is 145 Å². The summed E-state index contributed by atoms with van der Waals surface area (Å²) >= 11 is 34.9. The van der Waals surface area contributed by atoms with E-state index in [2.05, 4.69) is 55.5 Å². The first-order valence-corrected chi connectivity index (χ1v) is 19.0. The topological polar surface area (TPSA) is 160 Å². The van der Waals surface area contributed by atoms with Gasteiger partial charge >= 0.3 is 0 Å². The molecule has 0 saturated carbocycles. The van der Waals surface area contributed by atoms with Crippen molar-refractivity contribution in [1.29, 1.82) is 0 Å². The smallest absolute Gasteiger partial charge is 0.225 e. The van der Waals surface area contributed by atoms with Crippen molar-refractivity contribution in [2.75, 3.05) is 17.2 Å². The van der Waals surface area contributed by atoms with E-state index in [0.717, 1.165) is 11.1 Å². The van der Waals surface area contributed by atoms with E-state index in [1.165, 1.54) is 6.20 Å². The standard InChI is InChI=1S/C17H17ClN4O.C14H10Cl2N4.C7H2Cl3N3/c18-13-9-14-16(19-11-13)17(22-15(21-14)7-4-8-23)20-10-12-5-2-1-3-6-12;15-10-6-11-12(17-8-10)13(20-14(16)19-11)18-7-9-4-2-1-3-5-9;8-3-1-4-5(11-2-3)6(9)13-7(10)12-4/h1-3,5-6,9,11,23H,4,7-8,10H2,(H,20,21,22);1-6,8H,7H2,(H,18,19,20);1-2H. The zero-order valence-corrected chi connectivity index (χ0v) is 33.5. The molecule has 18 heteroatoms. The molecule has 0 unspecified atom stereocenters. The van der Waals surface area contributed by atoms with Gasteiger partial charge in [-0.3, -0.25) is 0 Å². The summed E-state index contributed by atoms with van der Waals surface area (Å²) < 4.78 is 0. The van der Waals surface area contributed by atoms with Crippen LogP contribution in [0.1, 0.15) is 23.4 Å². The van der Waals surface area contributed by atoms with Crippen molar-refractivity contribution in [3.8, 4) is 0 Å². The van der Waals surface area contributed by atoms with E-state index in [1.807, 2.05) is 60.7 Å². The number of fused-ring (bicyclic) bond motifs is 3. The lowest BCUT2D eigenvalue weighted by atomic mass is 10.2. The van der Waals surface area contributed by atoms with Gasteiger partial charge in [0.2, 0.25) is 10.6 Å². The number of aryl methyl sites for hydroxylation is 1. The van der Waals surface area contributed by atoms with Crippen LogP contribution in [0.5, 0.6) is 0 Å². The van der Waals surface area contributed by atoms with Crippen LogP contribution in [0.4, 0.5) is 11.6 Å². The van der Waals surface area contributed by atoms with Gasteiger partial charge in [-0.25, -0.2) is 39.9 Å². The maximum Gasteiger partial charge on any atom is 0.225 e. The lowest BCUT2D eigenvalue weighted by Crippen LogP contribution is -2.07. The molecular weight excluding hydrogens is 839 g/mol. The highest BCUT2D eigenvalue weighted by Crippen LogP contribution is 2.25. The first-order valence-electron chi connectivity index (χ1n) is 16.8. The molecule has 6 heterocycles. The summed E-state index contributed by atoms with van der Waals surface area (Å²) in [7, 11) is 0. The second kappa shape index (κ2) is 19.9. The Labute approximate surface area is 350 Å². The third-order valence-electron chi connectivity index (χ3n) is 7.62. The molecule has 6 aromatic heterocycles. The summed E-state index contributed by atoms with van der Waals surface area (Å²) in [5.41, 5.74) is 6.00. The van der Waals surface area contributed by atoms with Crippen LogP contribution in [0, 0.1) is 0 Å². The molecule has 0 aliphatic rings. The van der Waals surface area contributed by atoms with Gasteiger partial charge in [-0.05, 0) is 58.9 Å². The van der Waals surface area contributed by atoms with E-state index < -0.39 is 0 Å². The molecule has 0 fully saturated rings. The molecule has 12 nitrogen and oxygen atoms in total. The lowest BCUT2D eigenvalue weighted by Gasteiger charge is -2.10. The van der Waals surface area contributed by atoms with Gasteiger partial charge in [0, 0.05) is 44.7 Å². The van der Waals surface area contributed by atoms with E-state index in [4.69, 9.17) is 74.7 Å². The van der Waals surface area contributed by atoms with Crippen molar-refractivity contribution in [2.24, 2.45) is 0 Å². The third-order valence-corrected chi connectivity index (χ3v) is 8.84. The van der Waals surface area contributed by atoms with Gasteiger partial charge in [-0.2, -0.15) is 4.98 Å². The molecule has 0 bridgehead atoms. The molecule has 0 saturated heterocycles. The number of hydrogen-bond donors (Lipinski definition) is 3. The average Bonchev–Trinajstić information content (AvgIpc) is 3.19. The Balaban J connectivity index is 0.000000148. The summed E-state index contributed by atoms with van der Waals surface area (Å²) in [4.78, 5) is 37.6. The first-order chi connectivity index (χ1) is 27.1. The molecule has 3 N–H and O–H groups in total. The minimum Gasteiger partial charge on any atom is -0.396 e. The van der Waals surface area contributed by atoms with Crippen LogP contribution in [0.2, 0.25) is 30.8 Å². The number of benzene rings is 2. The fourth-order valence-electron chi connectivity index (χ4n) is 5.10. The second-order valence-electron chi connectivity index (χ2n) is 11.7. The van der Waals surface area contributed by atoms with E-state index in [9.17, 15) is 0 Å². The molecule has 0 radical (unpaired) electrons. The molecular formula is C38H29Cl6N11O. The fourth-order valence-corrected chi connectivity index (χ4v) is 6.17.